The molecular weight excluding hydrogens is 675 g/mol. The van der Waals surface area contributed by atoms with Crippen LogP contribution in [0.5, 0.6) is 0 Å². The first kappa shape index (κ1) is 42.0. The lowest BCUT2D eigenvalue weighted by Crippen LogP contribution is -3.00. The first-order valence-corrected chi connectivity index (χ1v) is 14.8. The summed E-state index contributed by atoms with van der Waals surface area (Å²) in [6.07, 6.45) is 8.83. The topological polar surface area (TPSA) is 197 Å². The highest BCUT2D eigenvalue weighted by Gasteiger charge is 2.07. The van der Waals surface area contributed by atoms with E-state index >= 15 is 0 Å². The number of rotatable bonds is 13. The summed E-state index contributed by atoms with van der Waals surface area (Å²) < 4.78 is 6.42. The van der Waals surface area contributed by atoms with Crippen molar-refractivity contribution >= 4 is 18.0 Å². The maximum absolute atomic E-state index is 9.58. The van der Waals surface area contributed by atoms with Gasteiger partial charge in [-0.05, 0) is 48.4 Å². The fourth-order valence-electron chi connectivity index (χ4n) is 3.89. The van der Waals surface area contributed by atoms with E-state index in [1.165, 1.54) is 6.34 Å². The third-order valence-corrected chi connectivity index (χ3v) is 6.10. The van der Waals surface area contributed by atoms with Crippen LogP contribution in [0.1, 0.15) is 12.6 Å². The summed E-state index contributed by atoms with van der Waals surface area (Å²) in [5.41, 5.74) is 2.00. The Labute approximate surface area is 295 Å². The summed E-state index contributed by atoms with van der Waals surface area (Å²) in [6, 6.07) is 21.9. The lowest BCUT2D eigenvalue weighted by Gasteiger charge is -2.02. The summed E-state index contributed by atoms with van der Waals surface area (Å²) in [7, 11) is 0. The molecule has 0 aliphatic heterocycles. The second-order valence-electron chi connectivity index (χ2n) is 9.47. The molecule has 4 heterocycles. The van der Waals surface area contributed by atoms with E-state index in [9.17, 15) is 5.21 Å². The molecule has 4 aromatic heterocycles. The predicted octanol–water partition coefficient (Wildman–Crippen LogP) is -4.67. The van der Waals surface area contributed by atoms with Gasteiger partial charge in [-0.1, -0.05) is 18.2 Å². The average molecular weight is 716 g/mol. The standard InChI is InChI=1S/C16H21N6O2.C15H19N6O2.2ClH/c1-14(18-17-9-8-15-6-2-5-11-22(15)24)19-20-16-7-3-4-10-21(16)12-13-23;22-11-9-20-7-3-1-5-14(20)18-16-13-17-19-15-6-2-4-8-21(15)10-12-23;;/h2-7,10-11,23-24H,8-9,12-13H2,1H3;1-8,13,22-23H,9-12H2;2*1H/q2*+1;;/p-2. The van der Waals surface area contributed by atoms with Crippen molar-refractivity contribution in [1.82, 2.24) is 9.13 Å². The normalized spacial score (nSPS) is 12.2. The Morgan fingerprint density at radius 2 is 1.41 bits per heavy atom. The van der Waals surface area contributed by atoms with Crippen LogP contribution in [0.4, 0.5) is 5.82 Å². The van der Waals surface area contributed by atoms with E-state index in [1.807, 2.05) is 67.1 Å². The minimum absolute atomic E-state index is 0. The molecule has 0 radical (unpaired) electrons. The number of halogens is 2. The number of aromatic nitrogens is 4. The number of azo groups is 2. The molecule has 4 aromatic rings. The quantitative estimate of drug-likeness (QED) is 0.0270. The highest BCUT2D eigenvalue weighted by Crippen LogP contribution is 2.03. The third kappa shape index (κ3) is 15.6. The molecule has 0 atom stereocenters. The van der Waals surface area contributed by atoms with Gasteiger partial charge in [0.15, 0.2) is 23.1 Å². The van der Waals surface area contributed by atoms with Gasteiger partial charge in [0.05, 0.1) is 44.1 Å². The molecule has 0 fully saturated rings. The van der Waals surface area contributed by atoms with Gasteiger partial charge in [0.25, 0.3) is 0 Å². The molecule has 0 unspecified atom stereocenters. The van der Waals surface area contributed by atoms with Gasteiger partial charge in [-0.2, -0.15) is 5.11 Å². The van der Waals surface area contributed by atoms with E-state index in [-0.39, 0.29) is 44.6 Å². The van der Waals surface area contributed by atoms with Crippen molar-refractivity contribution < 1.29 is 54.6 Å². The lowest BCUT2D eigenvalue weighted by atomic mass is 10.3. The van der Waals surface area contributed by atoms with Crippen LogP contribution in [-0.4, -0.2) is 68.2 Å². The van der Waals surface area contributed by atoms with Crippen LogP contribution in [0.2, 0.25) is 0 Å². The van der Waals surface area contributed by atoms with Crippen LogP contribution in [0, 0.1) is 0 Å². The Morgan fingerprint density at radius 3 is 2.06 bits per heavy atom. The lowest BCUT2D eigenvalue weighted by molar-refractivity contribution is -0.909. The number of aliphatic hydroxyl groups excluding tert-OH is 3. The molecule has 4 rings (SSSR count). The SMILES string of the molecule is CC(N=NCCc1cccc[n+]1O)=NN=c1ccccn1CCO.OCCn1ccccc1=NN=CN=Nc1cccc[n+]1CCO.[Cl-].[Cl-]. The van der Waals surface area contributed by atoms with Crippen LogP contribution >= 0.6 is 0 Å². The van der Waals surface area contributed by atoms with Crippen LogP contribution in [-0.2, 0) is 26.1 Å². The molecule has 49 heavy (non-hydrogen) atoms. The molecule has 0 amide bonds. The molecule has 0 aliphatic carbocycles. The number of hydrogen-bond donors (Lipinski definition) is 4. The van der Waals surface area contributed by atoms with E-state index in [0.29, 0.717) is 55.2 Å². The number of nitrogens with zero attached hydrogens (tertiary/aromatic N) is 12. The average Bonchev–Trinajstić information content (AvgIpc) is 3.09. The Morgan fingerprint density at radius 1 is 0.776 bits per heavy atom. The Kier molecular flexibility index (Phi) is 21.5. The summed E-state index contributed by atoms with van der Waals surface area (Å²) in [5.74, 6) is 1.04. The fraction of sp³-hybridized carbons (Fsp3) is 0.290. The number of aliphatic hydroxyl groups is 3. The molecule has 0 saturated carbocycles. The molecule has 4 N–H and O–H groups in total. The molecule has 16 nitrogen and oxygen atoms in total. The molecule has 18 heteroatoms. The van der Waals surface area contributed by atoms with Crippen molar-refractivity contribution in [3.05, 3.63) is 114 Å². The van der Waals surface area contributed by atoms with Crippen LogP contribution < -0.4 is 45.1 Å². The molecule has 0 bridgehead atoms. The van der Waals surface area contributed by atoms with Crippen molar-refractivity contribution in [3.8, 4) is 0 Å². The van der Waals surface area contributed by atoms with Crippen molar-refractivity contribution in [2.24, 2.45) is 40.9 Å². The fourth-order valence-corrected chi connectivity index (χ4v) is 3.89. The first-order chi connectivity index (χ1) is 23.0. The Hall–Kier alpha value is -5.00. The van der Waals surface area contributed by atoms with E-state index in [0.717, 1.165) is 10.4 Å². The van der Waals surface area contributed by atoms with Gasteiger partial charge in [-0.15, -0.1) is 25.5 Å². The highest BCUT2D eigenvalue weighted by atomic mass is 35.5. The second-order valence-corrected chi connectivity index (χ2v) is 9.47. The van der Waals surface area contributed by atoms with E-state index in [2.05, 4.69) is 40.9 Å². The summed E-state index contributed by atoms with van der Waals surface area (Å²) in [4.78, 5) is 0. The zero-order valence-corrected chi connectivity index (χ0v) is 28.4. The highest BCUT2D eigenvalue weighted by molar-refractivity contribution is 5.79. The molecule has 262 valence electrons. The monoisotopic (exact) mass is 714 g/mol. The van der Waals surface area contributed by atoms with Crippen LogP contribution in [0.25, 0.3) is 0 Å². The van der Waals surface area contributed by atoms with Crippen molar-refractivity contribution in [1.29, 1.82) is 0 Å². The smallest absolute Gasteiger partial charge is 0.350 e. The van der Waals surface area contributed by atoms with Crippen LogP contribution in [0.3, 0.4) is 0 Å². The number of amidine groups is 1. The molecule has 0 aliphatic rings. The van der Waals surface area contributed by atoms with E-state index in [1.54, 1.807) is 51.1 Å². The summed E-state index contributed by atoms with van der Waals surface area (Å²) in [6.45, 7) is 3.58. The Bertz CT molecular complexity index is 1790. The first-order valence-electron chi connectivity index (χ1n) is 14.8. The van der Waals surface area contributed by atoms with Gasteiger partial charge in [0.2, 0.25) is 11.9 Å². The largest absolute Gasteiger partial charge is 1.00 e. The van der Waals surface area contributed by atoms with Crippen LogP contribution in [0.15, 0.2) is 138 Å². The van der Waals surface area contributed by atoms with Gasteiger partial charge >= 0.3 is 5.82 Å². The zero-order chi connectivity index (χ0) is 33.5. The van der Waals surface area contributed by atoms with Gasteiger partial charge < -0.3 is 49.3 Å². The summed E-state index contributed by atoms with van der Waals surface area (Å²) >= 11 is 0. The minimum atomic E-state index is 0. The number of pyridine rings is 4. The van der Waals surface area contributed by atoms with Gasteiger partial charge in [-0.3, -0.25) is 5.21 Å². The molecular formula is C31H40Cl2N12O4. The van der Waals surface area contributed by atoms with Gasteiger partial charge in [0.1, 0.15) is 6.54 Å². The summed E-state index contributed by atoms with van der Waals surface area (Å²) in [5, 5.41) is 68.6. The zero-order valence-electron chi connectivity index (χ0n) is 26.9. The third-order valence-electron chi connectivity index (χ3n) is 6.10. The maximum Gasteiger partial charge on any atom is 0.350 e. The number of hydrogen-bond acceptors (Lipinski definition) is 10. The van der Waals surface area contributed by atoms with E-state index < -0.39 is 0 Å². The predicted molar refractivity (Wildman–Crippen MR) is 171 cm³/mol. The molecule has 0 aromatic carbocycles. The minimum Gasteiger partial charge on any atom is -1.00 e. The van der Waals surface area contributed by atoms with Crippen molar-refractivity contribution in [3.63, 3.8) is 0 Å². The molecule has 0 saturated heterocycles. The van der Waals surface area contributed by atoms with Crippen molar-refractivity contribution in [2.75, 3.05) is 26.4 Å². The Balaban J connectivity index is 0.000000471. The van der Waals surface area contributed by atoms with Gasteiger partial charge in [-0.25, -0.2) is 4.57 Å². The second kappa shape index (κ2) is 25.1. The van der Waals surface area contributed by atoms with Gasteiger partial charge in [0, 0.05) is 48.4 Å². The molecule has 0 spiro atoms. The maximum atomic E-state index is 9.58. The van der Waals surface area contributed by atoms with Crippen molar-refractivity contribution in [2.45, 2.75) is 33.0 Å². The van der Waals surface area contributed by atoms with E-state index in [4.69, 9.17) is 15.3 Å².